The van der Waals surface area contributed by atoms with Gasteiger partial charge >= 0.3 is 5.69 Å². The van der Waals surface area contributed by atoms with Gasteiger partial charge < -0.3 is 35.0 Å². The fraction of sp³-hybridized carbons (Fsp3) is 0.556. The van der Waals surface area contributed by atoms with Crippen LogP contribution in [0.15, 0.2) is 73.5 Å². The fourth-order valence-corrected chi connectivity index (χ4v) is 6.58. The Bertz CT molecular complexity index is 2190. The van der Waals surface area contributed by atoms with E-state index in [9.17, 15) is 33.6 Å². The number of carbonyl (C=O) groups excluding carboxylic acids is 6. The van der Waals surface area contributed by atoms with E-state index in [4.69, 9.17) is 0 Å². The molecule has 0 saturated carbocycles. The molecule has 1 aromatic heterocycles. The van der Waals surface area contributed by atoms with E-state index >= 15 is 0 Å². The van der Waals surface area contributed by atoms with Crippen molar-refractivity contribution in [2.75, 3.05) is 64.2 Å². The lowest BCUT2D eigenvalue weighted by molar-refractivity contribution is -0.127. The number of rotatable bonds is 0. The summed E-state index contributed by atoms with van der Waals surface area (Å²) >= 11 is 4.50. The van der Waals surface area contributed by atoms with Gasteiger partial charge in [-0.2, -0.15) is 20.4 Å². The second-order valence-electron chi connectivity index (χ2n) is 15.9. The zero-order chi connectivity index (χ0) is 54.6. The summed E-state index contributed by atoms with van der Waals surface area (Å²) in [5.41, 5.74) is 9.43. The van der Waals surface area contributed by atoms with Crippen LogP contribution in [0.1, 0.15) is 81.1 Å². The molecule has 10 aliphatic rings. The standard InChI is InChI=1S/C5H7NO.3C4H6N2O.2C4H8N2.C4H5NO2.2C4H5NOS.C4H7NO.C4H7NS/c1-4-2-6-3-5(4)7;1-6-3-2-5-4(6)7;1-6-4(7)2-3-5-6;1-3-2-5-6-4(3)7;1-4-2-5-6-3-4;1-6-4-2-3-5-6;1-3-4(6)2-7-5-3;1-3-5-4(6)2-7-3;1-3-4(6)2-7-5-3;2*1-4-2-3-6-5-4/h2,6H,3H2,1H3;2-3H,1H3,(H,5,7);3H,2H2,1H3;2-3H,1H3,(H,6,7);2,4,6H,3H2,1H3;3H,2,4H2,1H3;3*2H2,1H3;2*2-3H2,1H3. The summed E-state index contributed by atoms with van der Waals surface area (Å²) in [6.07, 6.45) is 15.8. The lowest BCUT2D eigenvalue weighted by atomic mass is 10.2. The van der Waals surface area contributed by atoms with Crippen molar-refractivity contribution in [3.05, 3.63) is 34.7 Å². The van der Waals surface area contributed by atoms with Gasteiger partial charge in [-0.05, 0) is 78.8 Å². The third-order valence-electron chi connectivity index (χ3n) is 9.15. The highest BCUT2D eigenvalue weighted by atomic mass is 32.2. The SMILES string of the molecule is CC1=CNCC1=O.CC1=NC(=O)CS1.CC1=NOCC1.CC1=NOCC1=O.CC1=NSCC1.CC1=NSCC1=O.CC1C=NNC1.CC1C=NNC1=O.CN1CCC=N1.CN1N=CCC1=O.Cn1cc[nH]c1=O. The van der Waals surface area contributed by atoms with E-state index in [0.29, 0.717) is 41.8 Å². The second kappa shape index (κ2) is 38.1. The number of hydrogen-bond acceptors (Lipinski definition) is 23. The molecule has 3 amide bonds. The lowest BCUT2D eigenvalue weighted by Crippen LogP contribution is -2.16. The fourth-order valence-electron chi connectivity index (χ4n) is 4.54. The van der Waals surface area contributed by atoms with E-state index < -0.39 is 0 Å². The van der Waals surface area contributed by atoms with Crippen molar-refractivity contribution >= 4 is 123 Å². The average molecular weight is 1080 g/mol. The first-order chi connectivity index (χ1) is 34.7. The van der Waals surface area contributed by atoms with Gasteiger partial charge in [-0.3, -0.25) is 28.8 Å². The van der Waals surface area contributed by atoms with E-state index in [-0.39, 0.29) is 53.3 Å². The second-order valence-corrected chi connectivity index (χ2v) is 18.7. The monoisotopic (exact) mass is 1070 g/mol. The number of aryl methyl sites for hydroxylation is 1. The van der Waals surface area contributed by atoms with Crippen LogP contribution in [0.4, 0.5) is 0 Å². The number of nitrogens with one attached hydrogen (secondary N) is 4. The lowest BCUT2D eigenvalue weighted by Gasteiger charge is -2.00. The topological polar surface area (TPSA) is 312 Å². The number of imidazole rings is 1. The van der Waals surface area contributed by atoms with Gasteiger partial charge in [0.15, 0.2) is 18.2 Å². The van der Waals surface area contributed by atoms with Crippen molar-refractivity contribution in [2.45, 2.75) is 81.1 Å². The van der Waals surface area contributed by atoms with E-state index in [0.717, 1.165) is 48.9 Å². The number of Topliss-reactive ketones (excluding diaryl/α,β-unsaturated/α-hetero) is 3. The summed E-state index contributed by atoms with van der Waals surface area (Å²) in [4.78, 5) is 87.6. The van der Waals surface area contributed by atoms with Crippen LogP contribution in [0, 0.1) is 11.8 Å². The maximum absolute atomic E-state index is 10.4. The Morgan fingerprint density at radius 2 is 1.52 bits per heavy atom. The maximum atomic E-state index is 10.4. The maximum Gasteiger partial charge on any atom is 0.325 e. The Morgan fingerprint density at radius 1 is 0.767 bits per heavy atom. The van der Waals surface area contributed by atoms with Crippen LogP contribution >= 0.6 is 35.7 Å². The summed E-state index contributed by atoms with van der Waals surface area (Å²) in [6.45, 7) is 18.5. The molecule has 0 saturated heterocycles. The molecule has 25 nitrogen and oxygen atoms in total. The largest absolute Gasteiger partial charge is 0.395 e. The van der Waals surface area contributed by atoms with Gasteiger partial charge in [-0.15, -0.1) is 11.8 Å². The number of aliphatic imine (C=N–C) groups is 1. The quantitative estimate of drug-likeness (QED) is 0.271. The highest BCUT2D eigenvalue weighted by Gasteiger charge is 2.14. The first kappa shape index (κ1) is 64.5. The molecular weight excluding hydrogens is 1000 g/mol. The molecule has 2 atom stereocenters. The van der Waals surface area contributed by atoms with E-state index in [1.54, 1.807) is 77.8 Å². The smallest absolute Gasteiger partial charge is 0.325 e. The number of oxime groups is 2. The number of nitrogens with zero attached hydrogens (tertiary/aromatic N) is 12. The van der Waals surface area contributed by atoms with Gasteiger partial charge in [0.05, 0.1) is 46.9 Å². The van der Waals surface area contributed by atoms with Crippen LogP contribution < -0.4 is 21.9 Å². The summed E-state index contributed by atoms with van der Waals surface area (Å²) < 4.78 is 9.34. The Hall–Kier alpha value is -6.55. The number of hydrazone groups is 4. The number of amides is 3. The molecule has 11 heterocycles. The number of aromatic nitrogens is 2. The van der Waals surface area contributed by atoms with Crippen molar-refractivity contribution in [3.63, 3.8) is 0 Å². The third kappa shape index (κ3) is 32.2. The number of hydrogen-bond donors (Lipinski definition) is 4. The molecule has 10 aliphatic heterocycles. The molecular formula is C45H70N16O9S3. The molecule has 0 bridgehead atoms. The van der Waals surface area contributed by atoms with Crippen LogP contribution in [0.3, 0.4) is 0 Å². The molecule has 0 spiro atoms. The van der Waals surface area contributed by atoms with Gasteiger partial charge in [-0.1, -0.05) is 17.2 Å². The van der Waals surface area contributed by atoms with Gasteiger partial charge in [0, 0.05) is 113 Å². The van der Waals surface area contributed by atoms with Crippen molar-refractivity contribution in [1.82, 2.24) is 35.7 Å². The minimum atomic E-state index is -0.0694. The zero-order valence-electron chi connectivity index (χ0n) is 43.4. The van der Waals surface area contributed by atoms with Gasteiger partial charge in [0.25, 0.3) is 5.91 Å². The predicted octanol–water partition coefficient (Wildman–Crippen LogP) is 3.47. The molecule has 0 aromatic carbocycles. The normalized spacial score (nSPS) is 20.4. The van der Waals surface area contributed by atoms with Crippen LogP contribution in [0.2, 0.25) is 0 Å². The molecule has 0 fully saturated rings. The molecule has 2 unspecified atom stereocenters. The third-order valence-corrected chi connectivity index (χ3v) is 11.7. The highest BCUT2D eigenvalue weighted by molar-refractivity contribution is 8.14. The van der Waals surface area contributed by atoms with Crippen LogP contribution in [0.5, 0.6) is 0 Å². The van der Waals surface area contributed by atoms with Crippen LogP contribution in [-0.4, -0.2) is 172 Å². The van der Waals surface area contributed by atoms with Crippen LogP contribution in [0.25, 0.3) is 0 Å². The summed E-state index contributed by atoms with van der Waals surface area (Å²) in [5.74, 6) is 3.33. The minimum Gasteiger partial charge on any atom is -0.395 e. The van der Waals surface area contributed by atoms with E-state index in [2.05, 4.69) is 89.2 Å². The summed E-state index contributed by atoms with van der Waals surface area (Å²) in [7, 11) is 5.31. The summed E-state index contributed by atoms with van der Waals surface area (Å²) in [5, 5.41) is 28.9. The molecule has 11 rings (SSSR count). The Kier molecular flexibility index (Phi) is 33.7. The predicted molar refractivity (Wildman–Crippen MR) is 295 cm³/mol. The molecule has 73 heavy (non-hydrogen) atoms. The molecule has 28 heteroatoms. The van der Waals surface area contributed by atoms with E-state index in [1.807, 2.05) is 45.3 Å². The Balaban J connectivity index is 0.000000402. The Labute approximate surface area is 439 Å². The van der Waals surface area contributed by atoms with Gasteiger partial charge in [0.1, 0.15) is 12.3 Å². The van der Waals surface area contributed by atoms with E-state index in [1.165, 1.54) is 51.2 Å². The van der Waals surface area contributed by atoms with Gasteiger partial charge in [-0.25, -0.2) is 29.0 Å². The first-order valence-electron chi connectivity index (χ1n) is 22.9. The van der Waals surface area contributed by atoms with Crippen molar-refractivity contribution in [2.24, 2.45) is 63.4 Å². The van der Waals surface area contributed by atoms with Crippen molar-refractivity contribution in [1.29, 1.82) is 0 Å². The number of aromatic amines is 1. The minimum absolute atomic E-state index is 0.00231. The number of ketones is 3. The first-order valence-corrected chi connectivity index (χ1v) is 25.7. The van der Waals surface area contributed by atoms with Crippen LogP contribution in [-0.2, 0) is 45.5 Å². The molecule has 4 N–H and O–H groups in total. The molecule has 0 aliphatic carbocycles. The van der Waals surface area contributed by atoms with Crippen molar-refractivity contribution < 1.29 is 38.4 Å². The average Bonchev–Trinajstić information content (AvgIpc) is 4.16. The molecule has 0 radical (unpaired) electrons. The van der Waals surface area contributed by atoms with Gasteiger partial charge in [0.2, 0.25) is 17.6 Å². The number of thioether (sulfide) groups is 1. The summed E-state index contributed by atoms with van der Waals surface area (Å²) in [6, 6.07) is 0. The number of carbonyl (C=O) groups is 6. The zero-order valence-corrected chi connectivity index (χ0v) is 45.9. The number of H-pyrrole nitrogens is 1. The Morgan fingerprint density at radius 3 is 1.67 bits per heavy atom. The molecule has 1 aromatic rings. The molecule has 402 valence electrons. The highest BCUT2D eigenvalue weighted by Crippen LogP contribution is 2.13. The van der Waals surface area contributed by atoms with Crippen molar-refractivity contribution in [3.8, 4) is 0 Å².